The molecular weight excluding hydrogens is 266 g/mol. The highest BCUT2D eigenvalue weighted by Gasteiger charge is 2.33. The molecule has 0 saturated carbocycles. The van der Waals surface area contributed by atoms with E-state index in [9.17, 15) is 9.59 Å². The number of amides is 1. The molecule has 0 radical (unpaired) electrons. The van der Waals surface area contributed by atoms with Crippen LogP contribution in [0, 0.1) is 0 Å². The number of aryl methyl sites for hydroxylation is 1. The Hall–Kier alpha value is -1.55. The van der Waals surface area contributed by atoms with Gasteiger partial charge in [-0.05, 0) is 37.0 Å². The second-order valence-corrected chi connectivity index (χ2v) is 5.15. The quantitative estimate of drug-likeness (QED) is 0.922. The van der Waals surface area contributed by atoms with Gasteiger partial charge in [-0.1, -0.05) is 23.7 Å². The van der Waals surface area contributed by atoms with Crippen LogP contribution in [0.4, 0.5) is 0 Å². The molecule has 1 aromatic carbocycles. The van der Waals surface area contributed by atoms with Crippen molar-refractivity contribution in [1.29, 1.82) is 0 Å². The monoisotopic (exact) mass is 281 g/mol. The number of carbonyl (C=O) groups is 2. The van der Waals surface area contributed by atoms with Gasteiger partial charge >= 0.3 is 5.97 Å². The first-order valence-electron chi connectivity index (χ1n) is 6.34. The number of carboxylic acid groups (broad SMARTS) is 1. The van der Waals surface area contributed by atoms with Crippen LogP contribution in [-0.4, -0.2) is 34.5 Å². The third kappa shape index (κ3) is 3.47. The fourth-order valence-electron chi connectivity index (χ4n) is 2.41. The van der Waals surface area contributed by atoms with Crippen LogP contribution in [0.15, 0.2) is 24.3 Å². The van der Waals surface area contributed by atoms with Crippen LogP contribution in [0.3, 0.4) is 0 Å². The number of carbonyl (C=O) groups excluding carboxylic acids is 1. The van der Waals surface area contributed by atoms with E-state index in [1.54, 1.807) is 6.07 Å². The summed E-state index contributed by atoms with van der Waals surface area (Å²) in [6, 6.07) is 6.73. The van der Waals surface area contributed by atoms with E-state index >= 15 is 0 Å². The molecule has 2 rings (SSSR count). The van der Waals surface area contributed by atoms with Gasteiger partial charge in [-0.2, -0.15) is 0 Å². The van der Waals surface area contributed by atoms with Crippen molar-refractivity contribution in [3.05, 3.63) is 34.9 Å². The Morgan fingerprint density at radius 3 is 2.89 bits per heavy atom. The molecule has 0 aromatic heterocycles. The van der Waals surface area contributed by atoms with Gasteiger partial charge in [0.15, 0.2) is 0 Å². The van der Waals surface area contributed by atoms with Gasteiger partial charge < -0.3 is 10.0 Å². The molecule has 0 spiro atoms. The summed E-state index contributed by atoms with van der Waals surface area (Å²) in [6.45, 7) is 0.547. The Kier molecular flexibility index (Phi) is 4.43. The molecule has 1 amide bonds. The molecule has 1 heterocycles. The van der Waals surface area contributed by atoms with Crippen molar-refractivity contribution in [1.82, 2.24) is 4.90 Å². The number of nitrogens with zero attached hydrogens (tertiary/aromatic N) is 1. The zero-order chi connectivity index (χ0) is 13.8. The summed E-state index contributed by atoms with van der Waals surface area (Å²) in [5.74, 6) is -1.00. The van der Waals surface area contributed by atoms with Crippen molar-refractivity contribution in [2.24, 2.45) is 0 Å². The lowest BCUT2D eigenvalue weighted by atomic mass is 10.1. The zero-order valence-corrected chi connectivity index (χ0v) is 11.3. The van der Waals surface area contributed by atoms with Gasteiger partial charge in [-0.3, -0.25) is 4.79 Å². The maximum absolute atomic E-state index is 12.0. The fraction of sp³-hybridized carbons (Fsp3) is 0.429. The highest BCUT2D eigenvalue weighted by Crippen LogP contribution is 2.19. The standard InChI is InChI=1S/C14H16ClNO3/c15-11-4-1-3-10(9-11)6-7-13(17)16-8-2-5-12(16)14(18)19/h1,3-4,9,12H,2,5-8H2,(H,18,19)/t12-/m0/s1. The van der Waals surface area contributed by atoms with Gasteiger partial charge in [0.05, 0.1) is 0 Å². The van der Waals surface area contributed by atoms with E-state index in [-0.39, 0.29) is 5.91 Å². The van der Waals surface area contributed by atoms with Crippen LogP contribution in [0.5, 0.6) is 0 Å². The van der Waals surface area contributed by atoms with Crippen LogP contribution < -0.4 is 0 Å². The fourth-order valence-corrected chi connectivity index (χ4v) is 2.62. The topological polar surface area (TPSA) is 57.6 Å². The first-order valence-corrected chi connectivity index (χ1v) is 6.72. The van der Waals surface area contributed by atoms with Gasteiger partial charge in [0.25, 0.3) is 0 Å². The number of halogens is 1. The lowest BCUT2D eigenvalue weighted by Crippen LogP contribution is -2.40. The molecule has 1 fully saturated rings. The van der Waals surface area contributed by atoms with Crippen LogP contribution in [0.1, 0.15) is 24.8 Å². The second-order valence-electron chi connectivity index (χ2n) is 4.71. The Balaban J connectivity index is 1.92. The maximum Gasteiger partial charge on any atom is 0.326 e. The summed E-state index contributed by atoms with van der Waals surface area (Å²) in [5, 5.41) is 9.69. The minimum Gasteiger partial charge on any atom is -0.480 e. The molecule has 1 saturated heterocycles. The predicted molar refractivity (Wildman–Crippen MR) is 72.1 cm³/mol. The largest absolute Gasteiger partial charge is 0.480 e. The van der Waals surface area contributed by atoms with Gasteiger partial charge in [0.2, 0.25) is 5.91 Å². The number of hydrogen-bond donors (Lipinski definition) is 1. The Morgan fingerprint density at radius 2 is 2.21 bits per heavy atom. The van der Waals surface area contributed by atoms with Crippen LogP contribution in [0.2, 0.25) is 5.02 Å². The number of carboxylic acids is 1. The van der Waals surface area contributed by atoms with E-state index in [1.165, 1.54) is 4.90 Å². The molecule has 0 aliphatic carbocycles. The lowest BCUT2D eigenvalue weighted by molar-refractivity contribution is -0.148. The Labute approximate surface area is 117 Å². The maximum atomic E-state index is 12.0. The minimum absolute atomic E-state index is 0.0927. The first kappa shape index (κ1) is 13.9. The van der Waals surface area contributed by atoms with E-state index in [0.29, 0.717) is 30.8 Å². The number of aliphatic carboxylic acids is 1. The van der Waals surface area contributed by atoms with Crippen LogP contribution in [0.25, 0.3) is 0 Å². The normalized spacial score (nSPS) is 18.6. The van der Waals surface area contributed by atoms with E-state index in [2.05, 4.69) is 0 Å². The molecule has 0 bridgehead atoms. The van der Waals surface area contributed by atoms with E-state index in [0.717, 1.165) is 12.0 Å². The average Bonchev–Trinajstić information content (AvgIpc) is 2.85. The number of benzene rings is 1. The molecule has 1 atom stereocenters. The molecule has 19 heavy (non-hydrogen) atoms. The van der Waals surface area contributed by atoms with Crippen molar-refractivity contribution in [3.63, 3.8) is 0 Å². The van der Waals surface area contributed by atoms with Crippen molar-refractivity contribution in [2.45, 2.75) is 31.7 Å². The summed E-state index contributed by atoms with van der Waals surface area (Å²) < 4.78 is 0. The van der Waals surface area contributed by atoms with Gasteiger partial charge in [0.1, 0.15) is 6.04 Å². The smallest absolute Gasteiger partial charge is 0.326 e. The Bertz CT molecular complexity index is 489. The first-order chi connectivity index (χ1) is 9.08. The van der Waals surface area contributed by atoms with E-state index < -0.39 is 12.0 Å². The van der Waals surface area contributed by atoms with Crippen LogP contribution in [-0.2, 0) is 16.0 Å². The van der Waals surface area contributed by atoms with Crippen molar-refractivity contribution < 1.29 is 14.7 Å². The molecule has 102 valence electrons. The summed E-state index contributed by atoms with van der Waals surface area (Å²) >= 11 is 5.88. The van der Waals surface area contributed by atoms with E-state index in [4.69, 9.17) is 16.7 Å². The Morgan fingerprint density at radius 1 is 1.42 bits per heavy atom. The molecule has 1 aromatic rings. The molecule has 1 N–H and O–H groups in total. The highest BCUT2D eigenvalue weighted by atomic mass is 35.5. The molecule has 5 heteroatoms. The number of hydrogen-bond acceptors (Lipinski definition) is 2. The lowest BCUT2D eigenvalue weighted by Gasteiger charge is -2.21. The summed E-state index contributed by atoms with van der Waals surface area (Å²) in [4.78, 5) is 24.6. The SMILES string of the molecule is O=C(O)[C@@H]1CCCN1C(=O)CCc1cccc(Cl)c1. The summed E-state index contributed by atoms with van der Waals surface area (Å²) in [7, 11) is 0. The molecule has 1 aliphatic rings. The number of likely N-dealkylation sites (tertiary alicyclic amines) is 1. The molecule has 4 nitrogen and oxygen atoms in total. The predicted octanol–water partition coefficient (Wildman–Crippen LogP) is 2.35. The van der Waals surface area contributed by atoms with Gasteiger partial charge in [-0.25, -0.2) is 4.79 Å². The highest BCUT2D eigenvalue weighted by molar-refractivity contribution is 6.30. The van der Waals surface area contributed by atoms with Crippen molar-refractivity contribution >= 4 is 23.5 Å². The zero-order valence-electron chi connectivity index (χ0n) is 10.5. The summed E-state index contributed by atoms with van der Waals surface area (Å²) in [6.07, 6.45) is 2.23. The summed E-state index contributed by atoms with van der Waals surface area (Å²) in [5.41, 5.74) is 0.993. The van der Waals surface area contributed by atoms with Crippen molar-refractivity contribution in [3.8, 4) is 0 Å². The van der Waals surface area contributed by atoms with Crippen molar-refractivity contribution in [2.75, 3.05) is 6.54 Å². The van der Waals surface area contributed by atoms with Gasteiger partial charge in [-0.15, -0.1) is 0 Å². The molecule has 1 aliphatic heterocycles. The molecular formula is C14H16ClNO3. The average molecular weight is 282 g/mol. The molecule has 0 unspecified atom stereocenters. The second kappa shape index (κ2) is 6.06. The van der Waals surface area contributed by atoms with E-state index in [1.807, 2.05) is 18.2 Å². The number of rotatable bonds is 4. The van der Waals surface area contributed by atoms with Gasteiger partial charge in [0, 0.05) is 18.0 Å². The minimum atomic E-state index is -0.909. The third-order valence-corrected chi connectivity index (χ3v) is 3.61. The third-order valence-electron chi connectivity index (χ3n) is 3.37. The van der Waals surface area contributed by atoms with Crippen LogP contribution >= 0.6 is 11.6 Å².